The van der Waals surface area contributed by atoms with E-state index in [-0.39, 0.29) is 17.2 Å². The molecule has 8 heteroatoms. The highest BCUT2D eigenvalue weighted by Gasteiger charge is 2.32. The van der Waals surface area contributed by atoms with Gasteiger partial charge in [-0.2, -0.15) is 0 Å². The van der Waals surface area contributed by atoms with Crippen LogP contribution in [0.3, 0.4) is 0 Å². The molecule has 1 aliphatic rings. The quantitative estimate of drug-likeness (QED) is 0.673. The zero-order valence-electron chi connectivity index (χ0n) is 15.5. The second kappa shape index (κ2) is 7.69. The number of aromatic nitrogens is 1. The average Bonchev–Trinajstić information content (AvgIpc) is 2.69. The Morgan fingerprint density at radius 2 is 1.79 bits per heavy atom. The van der Waals surface area contributed by atoms with Crippen molar-refractivity contribution in [3.63, 3.8) is 0 Å². The van der Waals surface area contributed by atoms with Crippen LogP contribution in [0.15, 0.2) is 59.5 Å². The van der Waals surface area contributed by atoms with E-state index < -0.39 is 6.36 Å². The Morgan fingerprint density at radius 1 is 1.03 bits per heavy atom. The third kappa shape index (κ3) is 4.31. The molecule has 152 valence electrons. The topological polar surface area (TPSA) is 57.4 Å². The fourth-order valence-corrected chi connectivity index (χ4v) is 3.76. The van der Waals surface area contributed by atoms with Crippen LogP contribution in [0.1, 0.15) is 12.8 Å². The highest BCUT2D eigenvalue weighted by atomic mass is 19.4. The monoisotopic (exact) mass is 403 g/mol. The second-order valence-corrected chi connectivity index (χ2v) is 6.99. The number of piperidine rings is 1. The summed E-state index contributed by atoms with van der Waals surface area (Å²) in [6, 6.07) is 13.3. The van der Waals surface area contributed by atoms with E-state index in [4.69, 9.17) is 0 Å². The van der Waals surface area contributed by atoms with Crippen molar-refractivity contribution in [2.24, 2.45) is 0 Å². The highest BCUT2D eigenvalue weighted by molar-refractivity contribution is 5.91. The first-order valence-electron chi connectivity index (χ1n) is 9.37. The summed E-state index contributed by atoms with van der Waals surface area (Å²) in [7, 11) is 0. The van der Waals surface area contributed by atoms with Crippen LogP contribution in [-0.2, 0) is 0 Å². The summed E-state index contributed by atoms with van der Waals surface area (Å²) in [4.78, 5) is 17.6. The molecule has 0 bridgehead atoms. The molecule has 0 saturated carbocycles. The molecule has 1 aliphatic heterocycles. The Hall–Kier alpha value is -3.16. The molecular formula is C21H20F3N3O2. The van der Waals surface area contributed by atoms with Gasteiger partial charge >= 0.3 is 6.36 Å². The van der Waals surface area contributed by atoms with E-state index in [1.165, 1.54) is 18.2 Å². The lowest BCUT2D eigenvalue weighted by atomic mass is 10.0. The van der Waals surface area contributed by atoms with Crippen molar-refractivity contribution in [3.8, 4) is 5.75 Å². The second-order valence-electron chi connectivity index (χ2n) is 6.99. The normalized spacial score (nSPS) is 15.5. The smallest absolute Gasteiger partial charge is 0.404 e. The Morgan fingerprint density at radius 3 is 2.55 bits per heavy atom. The van der Waals surface area contributed by atoms with Gasteiger partial charge in [-0.3, -0.25) is 4.79 Å². The number of H-pyrrole nitrogens is 1. The van der Waals surface area contributed by atoms with Crippen LogP contribution in [-0.4, -0.2) is 30.5 Å². The zero-order chi connectivity index (χ0) is 20.4. The number of hydrogen-bond acceptors (Lipinski definition) is 4. The minimum atomic E-state index is -4.73. The van der Waals surface area contributed by atoms with E-state index in [9.17, 15) is 18.0 Å². The maximum Gasteiger partial charge on any atom is 0.573 e. The van der Waals surface area contributed by atoms with Crippen LogP contribution in [0, 0.1) is 0 Å². The SMILES string of the molecule is O=c1cc[nH]c2cccc(N3CCC(Nc4ccccc4OC(F)(F)F)CC3)c12. The van der Waals surface area contributed by atoms with Gasteiger partial charge in [0, 0.05) is 31.4 Å². The van der Waals surface area contributed by atoms with Gasteiger partial charge in [-0.1, -0.05) is 18.2 Å². The van der Waals surface area contributed by atoms with Crippen molar-refractivity contribution in [2.75, 3.05) is 23.3 Å². The number of anilines is 2. The Bertz CT molecular complexity index is 1050. The maximum absolute atomic E-state index is 12.6. The number of ether oxygens (including phenoxy) is 1. The van der Waals surface area contributed by atoms with Crippen molar-refractivity contribution in [1.82, 2.24) is 4.98 Å². The number of pyridine rings is 1. The van der Waals surface area contributed by atoms with E-state index in [1.807, 2.05) is 18.2 Å². The molecule has 2 N–H and O–H groups in total. The third-order valence-electron chi connectivity index (χ3n) is 5.07. The lowest BCUT2D eigenvalue weighted by Gasteiger charge is -2.35. The van der Waals surface area contributed by atoms with Gasteiger partial charge < -0.3 is 19.9 Å². The first-order valence-corrected chi connectivity index (χ1v) is 9.37. The van der Waals surface area contributed by atoms with Crippen LogP contribution in [0.2, 0.25) is 0 Å². The Kier molecular flexibility index (Phi) is 5.08. The summed E-state index contributed by atoms with van der Waals surface area (Å²) in [5.41, 5.74) is 1.95. The summed E-state index contributed by atoms with van der Waals surface area (Å²) in [5, 5.41) is 3.83. The number of benzene rings is 2. The minimum absolute atomic E-state index is 0.0116. The summed E-state index contributed by atoms with van der Waals surface area (Å²) in [6.07, 6.45) is -1.66. The van der Waals surface area contributed by atoms with Gasteiger partial charge in [0.25, 0.3) is 0 Å². The van der Waals surface area contributed by atoms with Gasteiger partial charge in [-0.15, -0.1) is 13.2 Å². The molecule has 2 heterocycles. The van der Waals surface area contributed by atoms with Crippen molar-refractivity contribution in [2.45, 2.75) is 25.2 Å². The largest absolute Gasteiger partial charge is 0.573 e. The van der Waals surface area contributed by atoms with E-state index in [2.05, 4.69) is 19.9 Å². The first-order chi connectivity index (χ1) is 13.9. The number of nitrogens with one attached hydrogen (secondary N) is 2. The fraction of sp³-hybridized carbons (Fsp3) is 0.286. The van der Waals surface area contributed by atoms with Crippen LogP contribution < -0.4 is 20.4 Å². The van der Waals surface area contributed by atoms with Crippen LogP contribution in [0.4, 0.5) is 24.5 Å². The molecule has 0 amide bonds. The third-order valence-corrected chi connectivity index (χ3v) is 5.07. The molecular weight excluding hydrogens is 383 g/mol. The van der Waals surface area contributed by atoms with E-state index in [1.54, 1.807) is 18.3 Å². The van der Waals surface area contributed by atoms with Crippen molar-refractivity contribution >= 4 is 22.3 Å². The summed E-state index contributed by atoms with van der Waals surface area (Å²) in [6.45, 7) is 1.38. The molecule has 0 aliphatic carbocycles. The molecule has 1 fully saturated rings. The number of rotatable bonds is 4. The average molecular weight is 403 g/mol. The molecule has 3 aromatic rings. The number of para-hydroxylation sites is 2. The predicted molar refractivity (Wildman–Crippen MR) is 107 cm³/mol. The molecule has 5 nitrogen and oxygen atoms in total. The van der Waals surface area contributed by atoms with Crippen molar-refractivity contribution in [1.29, 1.82) is 0 Å². The molecule has 1 saturated heterocycles. The number of halogens is 3. The summed E-state index contributed by atoms with van der Waals surface area (Å²) in [5.74, 6) is -0.233. The first kappa shape index (κ1) is 19.2. The molecule has 2 aromatic carbocycles. The number of hydrogen-bond donors (Lipinski definition) is 2. The van der Waals surface area contributed by atoms with Crippen molar-refractivity contribution in [3.05, 3.63) is 65.0 Å². The van der Waals surface area contributed by atoms with Gasteiger partial charge in [0.1, 0.15) is 0 Å². The molecule has 29 heavy (non-hydrogen) atoms. The standard InChI is InChI=1S/C21H20F3N3O2/c22-21(23,24)29-19-7-2-1-4-15(19)26-14-9-12-27(13-10-14)17-6-3-5-16-20(17)18(28)8-11-25-16/h1-8,11,14,26H,9-10,12-13H2,(H,25,28). The number of nitrogens with zero attached hydrogens (tertiary/aromatic N) is 1. The van der Waals surface area contributed by atoms with Gasteiger partial charge in [0.05, 0.1) is 22.3 Å². The Labute approximate surface area is 165 Å². The van der Waals surface area contributed by atoms with Crippen LogP contribution >= 0.6 is 0 Å². The van der Waals surface area contributed by atoms with E-state index in [0.29, 0.717) is 24.2 Å². The highest BCUT2D eigenvalue weighted by Crippen LogP contribution is 2.32. The fourth-order valence-electron chi connectivity index (χ4n) is 3.76. The Balaban J connectivity index is 1.47. The molecule has 4 rings (SSSR count). The van der Waals surface area contributed by atoms with E-state index >= 15 is 0 Å². The number of fused-ring (bicyclic) bond motifs is 1. The van der Waals surface area contributed by atoms with E-state index in [0.717, 1.165) is 24.0 Å². The number of aromatic amines is 1. The molecule has 1 aromatic heterocycles. The molecule has 0 atom stereocenters. The lowest BCUT2D eigenvalue weighted by Crippen LogP contribution is -2.39. The van der Waals surface area contributed by atoms with Gasteiger partial charge in [0.2, 0.25) is 0 Å². The minimum Gasteiger partial charge on any atom is -0.404 e. The molecule has 0 radical (unpaired) electrons. The predicted octanol–water partition coefficient (Wildman–Crippen LogP) is 4.51. The van der Waals surface area contributed by atoms with Crippen LogP contribution in [0.25, 0.3) is 10.9 Å². The zero-order valence-corrected chi connectivity index (χ0v) is 15.5. The van der Waals surface area contributed by atoms with Gasteiger partial charge in [-0.05, 0) is 37.1 Å². The van der Waals surface area contributed by atoms with Crippen molar-refractivity contribution < 1.29 is 17.9 Å². The molecule has 0 unspecified atom stereocenters. The number of alkyl halides is 3. The molecule has 0 spiro atoms. The van der Waals surface area contributed by atoms with Gasteiger partial charge in [-0.25, -0.2) is 0 Å². The lowest BCUT2D eigenvalue weighted by molar-refractivity contribution is -0.274. The van der Waals surface area contributed by atoms with Gasteiger partial charge in [0.15, 0.2) is 11.2 Å². The van der Waals surface area contributed by atoms with Crippen LogP contribution in [0.5, 0.6) is 5.75 Å². The maximum atomic E-state index is 12.6. The summed E-state index contributed by atoms with van der Waals surface area (Å²) >= 11 is 0. The summed E-state index contributed by atoms with van der Waals surface area (Å²) < 4.78 is 42.0.